The number of anilines is 1. The molecule has 0 aliphatic carbocycles. The molecule has 4 heteroatoms. The van der Waals surface area contributed by atoms with Crippen molar-refractivity contribution in [2.45, 2.75) is 13.0 Å². The highest BCUT2D eigenvalue weighted by molar-refractivity contribution is 5.86. The smallest absolute Gasteiger partial charge is 0.128 e. The number of nitrogens with one attached hydrogen (secondary N) is 1. The maximum atomic E-state index is 6.07. The zero-order valence-corrected chi connectivity index (χ0v) is 11.9. The highest BCUT2D eigenvalue weighted by atomic mass is 15.2. The van der Waals surface area contributed by atoms with Crippen LogP contribution < -0.4 is 17.0 Å². The number of nitrogen functional groups attached to an aromatic ring is 1. The normalized spacial score (nSPS) is 12.5. The second kappa shape index (κ2) is 5.52. The molecule has 1 heterocycles. The van der Waals surface area contributed by atoms with Gasteiger partial charge in [-0.3, -0.25) is 5.84 Å². The SMILES string of the molecule is Cc1ccnc(N)c1C(NN)c1cccc2ccccc12. The lowest BCUT2D eigenvalue weighted by Crippen LogP contribution is -2.30. The molecule has 0 saturated carbocycles. The number of aryl methyl sites for hydroxylation is 1. The Balaban J connectivity index is 2.24. The Labute approximate surface area is 123 Å². The van der Waals surface area contributed by atoms with E-state index in [9.17, 15) is 0 Å². The van der Waals surface area contributed by atoms with Gasteiger partial charge in [0.1, 0.15) is 5.82 Å². The second-order valence-corrected chi connectivity index (χ2v) is 5.09. The molecule has 3 rings (SSSR count). The Bertz CT molecular complexity index is 757. The number of hydrogen-bond acceptors (Lipinski definition) is 4. The van der Waals surface area contributed by atoms with Crippen molar-refractivity contribution < 1.29 is 0 Å². The van der Waals surface area contributed by atoms with Crippen molar-refractivity contribution in [1.29, 1.82) is 0 Å². The molecular weight excluding hydrogens is 260 g/mol. The number of pyridine rings is 1. The minimum atomic E-state index is -0.190. The number of benzene rings is 2. The summed E-state index contributed by atoms with van der Waals surface area (Å²) in [5.74, 6) is 6.34. The highest BCUT2D eigenvalue weighted by Crippen LogP contribution is 2.32. The number of aromatic nitrogens is 1. The van der Waals surface area contributed by atoms with E-state index in [1.54, 1.807) is 6.20 Å². The van der Waals surface area contributed by atoms with Crippen molar-refractivity contribution in [2.24, 2.45) is 5.84 Å². The monoisotopic (exact) mass is 278 g/mol. The molecule has 0 amide bonds. The van der Waals surface area contributed by atoms with Gasteiger partial charge in [-0.2, -0.15) is 0 Å². The van der Waals surface area contributed by atoms with Gasteiger partial charge in [-0.1, -0.05) is 42.5 Å². The van der Waals surface area contributed by atoms with Crippen LogP contribution in [0, 0.1) is 6.92 Å². The quantitative estimate of drug-likeness (QED) is 0.508. The molecule has 1 unspecified atom stereocenters. The Morgan fingerprint density at radius 2 is 1.81 bits per heavy atom. The molecule has 0 aliphatic rings. The minimum absolute atomic E-state index is 0.190. The molecule has 0 aliphatic heterocycles. The van der Waals surface area contributed by atoms with Gasteiger partial charge >= 0.3 is 0 Å². The molecular formula is C17H18N4. The van der Waals surface area contributed by atoms with Crippen LogP contribution in [0.3, 0.4) is 0 Å². The van der Waals surface area contributed by atoms with E-state index in [0.29, 0.717) is 5.82 Å². The maximum absolute atomic E-state index is 6.07. The molecule has 0 saturated heterocycles. The van der Waals surface area contributed by atoms with E-state index in [4.69, 9.17) is 11.6 Å². The topological polar surface area (TPSA) is 77.0 Å². The number of nitrogens with zero attached hydrogens (tertiary/aromatic N) is 1. The summed E-state index contributed by atoms with van der Waals surface area (Å²) in [5.41, 5.74) is 12.1. The fourth-order valence-corrected chi connectivity index (χ4v) is 2.80. The van der Waals surface area contributed by atoms with Crippen molar-refractivity contribution in [3.05, 3.63) is 71.4 Å². The summed E-state index contributed by atoms with van der Waals surface area (Å²) in [4.78, 5) is 4.20. The average Bonchev–Trinajstić information content (AvgIpc) is 2.51. The summed E-state index contributed by atoms with van der Waals surface area (Å²) in [5, 5.41) is 2.33. The molecule has 4 nitrogen and oxygen atoms in total. The van der Waals surface area contributed by atoms with E-state index in [0.717, 1.165) is 22.1 Å². The first-order valence-corrected chi connectivity index (χ1v) is 6.87. The molecule has 0 spiro atoms. The average molecular weight is 278 g/mol. The minimum Gasteiger partial charge on any atom is -0.383 e. The van der Waals surface area contributed by atoms with E-state index in [2.05, 4.69) is 34.7 Å². The van der Waals surface area contributed by atoms with Crippen LogP contribution in [0.25, 0.3) is 10.8 Å². The number of hydrogen-bond donors (Lipinski definition) is 3. The van der Waals surface area contributed by atoms with Crippen molar-refractivity contribution in [3.8, 4) is 0 Å². The summed E-state index contributed by atoms with van der Waals surface area (Å²) >= 11 is 0. The van der Waals surface area contributed by atoms with Gasteiger partial charge in [-0.25, -0.2) is 10.4 Å². The van der Waals surface area contributed by atoms with Crippen molar-refractivity contribution in [2.75, 3.05) is 5.73 Å². The van der Waals surface area contributed by atoms with Crippen LogP contribution in [0.1, 0.15) is 22.7 Å². The third-order valence-electron chi connectivity index (χ3n) is 3.83. The fourth-order valence-electron chi connectivity index (χ4n) is 2.80. The van der Waals surface area contributed by atoms with Crippen molar-refractivity contribution in [3.63, 3.8) is 0 Å². The number of fused-ring (bicyclic) bond motifs is 1. The zero-order valence-electron chi connectivity index (χ0n) is 11.9. The molecule has 3 aromatic rings. The molecule has 106 valence electrons. The van der Waals surface area contributed by atoms with Crippen LogP contribution in [0.5, 0.6) is 0 Å². The van der Waals surface area contributed by atoms with E-state index < -0.39 is 0 Å². The molecule has 1 aromatic heterocycles. The molecule has 0 radical (unpaired) electrons. The third-order valence-corrected chi connectivity index (χ3v) is 3.83. The lowest BCUT2D eigenvalue weighted by atomic mass is 9.92. The van der Waals surface area contributed by atoms with Crippen LogP contribution in [0.2, 0.25) is 0 Å². The Morgan fingerprint density at radius 3 is 2.57 bits per heavy atom. The summed E-state index contributed by atoms with van der Waals surface area (Å²) < 4.78 is 0. The van der Waals surface area contributed by atoms with Gasteiger partial charge in [0.05, 0.1) is 6.04 Å². The Hall–Kier alpha value is -2.43. The molecule has 0 fully saturated rings. The lowest BCUT2D eigenvalue weighted by Gasteiger charge is -2.21. The first-order chi connectivity index (χ1) is 10.2. The first-order valence-electron chi connectivity index (χ1n) is 6.87. The van der Waals surface area contributed by atoms with Gasteiger partial charge in [0.2, 0.25) is 0 Å². The van der Waals surface area contributed by atoms with E-state index in [1.807, 2.05) is 31.2 Å². The number of nitrogens with two attached hydrogens (primary N) is 2. The molecule has 5 N–H and O–H groups in total. The van der Waals surface area contributed by atoms with Gasteiger partial charge in [-0.15, -0.1) is 0 Å². The van der Waals surface area contributed by atoms with Crippen LogP contribution in [-0.2, 0) is 0 Å². The van der Waals surface area contributed by atoms with Crippen LogP contribution in [0.15, 0.2) is 54.7 Å². The van der Waals surface area contributed by atoms with Gasteiger partial charge in [0.25, 0.3) is 0 Å². The first kappa shape index (κ1) is 13.5. The van der Waals surface area contributed by atoms with Crippen molar-refractivity contribution >= 4 is 16.6 Å². The predicted octanol–water partition coefficient (Wildman–Crippen LogP) is 2.68. The summed E-state index contributed by atoms with van der Waals surface area (Å²) in [7, 11) is 0. The Kier molecular flexibility index (Phi) is 3.56. The third kappa shape index (κ3) is 2.35. The summed E-state index contributed by atoms with van der Waals surface area (Å²) in [6.07, 6.45) is 1.71. The van der Waals surface area contributed by atoms with Gasteiger partial charge < -0.3 is 5.73 Å². The van der Waals surface area contributed by atoms with Crippen LogP contribution >= 0.6 is 0 Å². The molecule has 0 bridgehead atoms. The van der Waals surface area contributed by atoms with Gasteiger partial charge in [0, 0.05) is 11.8 Å². The highest BCUT2D eigenvalue weighted by Gasteiger charge is 2.20. The Morgan fingerprint density at radius 1 is 1.05 bits per heavy atom. The lowest BCUT2D eigenvalue weighted by molar-refractivity contribution is 0.637. The fraction of sp³-hybridized carbons (Fsp3) is 0.118. The van der Waals surface area contributed by atoms with E-state index in [-0.39, 0.29) is 6.04 Å². The standard InChI is InChI=1S/C17H18N4/c1-11-9-10-20-17(18)15(11)16(21-19)14-8-4-6-12-5-2-3-7-13(12)14/h2-10,16,21H,19H2,1H3,(H2,18,20). The number of rotatable bonds is 3. The van der Waals surface area contributed by atoms with Gasteiger partial charge in [-0.05, 0) is 34.9 Å². The molecule has 2 aromatic carbocycles. The van der Waals surface area contributed by atoms with Crippen LogP contribution in [0.4, 0.5) is 5.82 Å². The van der Waals surface area contributed by atoms with E-state index >= 15 is 0 Å². The summed E-state index contributed by atoms with van der Waals surface area (Å²) in [6.45, 7) is 2.02. The molecule has 1 atom stereocenters. The van der Waals surface area contributed by atoms with Crippen molar-refractivity contribution in [1.82, 2.24) is 10.4 Å². The van der Waals surface area contributed by atoms with Gasteiger partial charge in [0.15, 0.2) is 0 Å². The second-order valence-electron chi connectivity index (χ2n) is 5.09. The molecule has 21 heavy (non-hydrogen) atoms. The largest absolute Gasteiger partial charge is 0.383 e. The predicted molar refractivity (Wildman–Crippen MR) is 86.5 cm³/mol. The van der Waals surface area contributed by atoms with E-state index in [1.165, 1.54) is 5.39 Å². The number of hydrazine groups is 1. The summed E-state index contributed by atoms with van der Waals surface area (Å²) in [6, 6.07) is 16.2. The maximum Gasteiger partial charge on any atom is 0.128 e. The van der Waals surface area contributed by atoms with Crippen LogP contribution in [-0.4, -0.2) is 4.98 Å². The zero-order chi connectivity index (χ0) is 14.8.